The molecule has 2 aromatic rings. The van der Waals surface area contributed by atoms with Crippen molar-refractivity contribution >= 4 is 22.7 Å². The average molecular weight is 370 g/mol. The second-order valence-corrected chi connectivity index (χ2v) is 6.48. The minimum absolute atomic E-state index is 0.166. The van der Waals surface area contributed by atoms with E-state index in [9.17, 15) is 9.59 Å². The predicted octanol–water partition coefficient (Wildman–Crippen LogP) is 2.88. The molecule has 1 aliphatic heterocycles. The van der Waals surface area contributed by atoms with Gasteiger partial charge in [0.2, 0.25) is 5.76 Å². The second-order valence-electron chi connectivity index (χ2n) is 6.48. The first-order valence-corrected chi connectivity index (χ1v) is 9.11. The summed E-state index contributed by atoms with van der Waals surface area (Å²) in [5.41, 5.74) is 0.512. The summed E-state index contributed by atoms with van der Waals surface area (Å²) in [6, 6.07) is 7.09. The summed E-state index contributed by atoms with van der Waals surface area (Å²) >= 11 is 0. The Morgan fingerprint density at radius 1 is 1.33 bits per heavy atom. The fourth-order valence-electron chi connectivity index (χ4n) is 3.22. The molecule has 1 aromatic heterocycles. The van der Waals surface area contributed by atoms with Gasteiger partial charge >= 0.3 is 11.9 Å². The van der Waals surface area contributed by atoms with Gasteiger partial charge in [-0.1, -0.05) is 0 Å². The largest absolute Gasteiger partial charge is 0.466 e. The van der Waals surface area contributed by atoms with E-state index in [4.69, 9.17) is 19.2 Å². The van der Waals surface area contributed by atoms with Crippen LogP contribution in [-0.4, -0.2) is 49.2 Å². The average Bonchev–Trinajstić information content (AvgIpc) is 3.11. The first kappa shape index (κ1) is 18.9. The molecule has 0 aliphatic carbocycles. The van der Waals surface area contributed by atoms with Crippen molar-refractivity contribution in [2.75, 3.05) is 26.2 Å². The van der Waals surface area contributed by atoms with Crippen molar-refractivity contribution in [3.63, 3.8) is 0 Å². The fourth-order valence-corrected chi connectivity index (χ4v) is 3.22. The normalized spacial score (nSPS) is 15.4. The number of likely N-dealkylation sites (tertiary alicyclic amines) is 1. The summed E-state index contributed by atoms with van der Waals surface area (Å²) in [5.74, 6) is -0.505. The van der Waals surface area contributed by atoms with Crippen LogP contribution in [0.2, 0.25) is 0 Å². The molecule has 2 heterocycles. The summed E-state index contributed by atoms with van der Waals surface area (Å²) in [6.45, 7) is 4.38. The van der Waals surface area contributed by atoms with Crippen molar-refractivity contribution in [2.45, 2.75) is 32.3 Å². The van der Waals surface area contributed by atoms with Crippen LogP contribution in [0.4, 0.5) is 0 Å². The van der Waals surface area contributed by atoms with E-state index in [1.165, 1.54) is 6.26 Å². The third kappa shape index (κ3) is 4.66. The van der Waals surface area contributed by atoms with Gasteiger partial charge in [0.25, 0.3) is 0 Å². The third-order valence-electron chi connectivity index (χ3n) is 4.66. The molecule has 7 nitrogen and oxygen atoms in total. The Bertz CT molecular complexity index is 859. The molecule has 27 heavy (non-hydrogen) atoms. The molecule has 0 N–H and O–H groups in total. The number of carbonyl (C=O) groups excluding carboxylic acids is 2. The van der Waals surface area contributed by atoms with E-state index < -0.39 is 5.97 Å². The maximum absolute atomic E-state index is 12.5. The smallest absolute Gasteiger partial charge is 0.375 e. The zero-order valence-electron chi connectivity index (χ0n) is 15.3. The van der Waals surface area contributed by atoms with Crippen LogP contribution in [0.15, 0.2) is 28.9 Å². The summed E-state index contributed by atoms with van der Waals surface area (Å²) in [5, 5.41) is 10.3. The minimum Gasteiger partial charge on any atom is -0.466 e. The van der Waals surface area contributed by atoms with Gasteiger partial charge in [0, 0.05) is 30.4 Å². The van der Waals surface area contributed by atoms with E-state index in [2.05, 4.69) is 11.0 Å². The molecule has 7 heteroatoms. The number of carbonyl (C=O) groups is 2. The van der Waals surface area contributed by atoms with Gasteiger partial charge in [-0.2, -0.15) is 5.26 Å². The van der Waals surface area contributed by atoms with Crippen LogP contribution >= 0.6 is 0 Å². The van der Waals surface area contributed by atoms with Crippen molar-refractivity contribution in [3.8, 4) is 6.07 Å². The Morgan fingerprint density at radius 3 is 2.81 bits per heavy atom. The Morgan fingerprint density at radius 2 is 2.11 bits per heavy atom. The lowest BCUT2D eigenvalue weighted by Crippen LogP contribution is -2.39. The number of esters is 2. The number of hydrogen-bond donors (Lipinski definition) is 0. The molecule has 0 atom stereocenters. The zero-order valence-corrected chi connectivity index (χ0v) is 15.3. The van der Waals surface area contributed by atoms with Gasteiger partial charge in [-0.05, 0) is 38.0 Å². The molecule has 1 saturated heterocycles. The summed E-state index contributed by atoms with van der Waals surface area (Å²) in [7, 11) is 0. The minimum atomic E-state index is -0.486. The Labute approximate surface area is 157 Å². The Kier molecular flexibility index (Phi) is 6.09. The molecular formula is C20H22N2O5. The van der Waals surface area contributed by atoms with E-state index in [0.717, 1.165) is 13.1 Å². The summed E-state index contributed by atoms with van der Waals surface area (Å²) in [6.07, 6.45) is 3.10. The van der Waals surface area contributed by atoms with Gasteiger partial charge in [-0.25, -0.2) is 4.79 Å². The number of nitriles is 1. The lowest BCUT2D eigenvalue weighted by atomic mass is 10.1. The van der Waals surface area contributed by atoms with E-state index in [1.54, 1.807) is 25.1 Å². The Hall–Kier alpha value is -2.85. The monoisotopic (exact) mass is 370 g/mol. The van der Waals surface area contributed by atoms with Crippen LogP contribution in [-0.2, 0) is 14.3 Å². The number of ether oxygens (including phenoxy) is 2. The molecule has 0 unspecified atom stereocenters. The molecule has 0 spiro atoms. The fraction of sp³-hybridized carbons (Fsp3) is 0.450. The highest BCUT2D eigenvalue weighted by Gasteiger charge is 2.25. The number of nitrogens with zero attached hydrogens (tertiary/aromatic N) is 2. The molecule has 1 aromatic carbocycles. The highest BCUT2D eigenvalue weighted by atomic mass is 16.6. The first-order chi connectivity index (χ1) is 13.1. The first-order valence-electron chi connectivity index (χ1n) is 9.11. The molecule has 1 aliphatic rings. The summed E-state index contributed by atoms with van der Waals surface area (Å²) in [4.78, 5) is 26.1. The van der Waals surface area contributed by atoms with E-state index in [1.807, 2.05) is 0 Å². The van der Waals surface area contributed by atoms with Crippen molar-refractivity contribution in [3.05, 3.63) is 35.8 Å². The van der Waals surface area contributed by atoms with Gasteiger partial charge in [0.1, 0.15) is 6.10 Å². The number of rotatable bonds is 6. The van der Waals surface area contributed by atoms with E-state index >= 15 is 0 Å². The molecule has 1 fully saturated rings. The van der Waals surface area contributed by atoms with Crippen LogP contribution in [0, 0.1) is 11.3 Å². The standard InChI is InChI=1S/C20H22N2O5/c1-2-25-18(23)7-10-22-8-5-16(6-9-22)27-20(24)19-17-4-3-14(12-21)11-15(17)13-26-19/h3-4,11,13,16H,2,5-10H2,1H3. The second kappa shape index (κ2) is 8.69. The lowest BCUT2D eigenvalue weighted by molar-refractivity contribution is -0.143. The SMILES string of the molecule is CCOC(=O)CCN1CCC(OC(=O)c2occ3cc(C#N)ccc23)CC1. The molecule has 0 amide bonds. The molecule has 0 saturated carbocycles. The van der Waals surface area contributed by atoms with Gasteiger partial charge < -0.3 is 18.8 Å². The third-order valence-corrected chi connectivity index (χ3v) is 4.66. The molecule has 0 bridgehead atoms. The van der Waals surface area contributed by atoms with Crippen LogP contribution in [0.1, 0.15) is 42.3 Å². The maximum Gasteiger partial charge on any atom is 0.375 e. The van der Waals surface area contributed by atoms with Gasteiger partial charge in [-0.3, -0.25) is 4.79 Å². The van der Waals surface area contributed by atoms with Crippen LogP contribution in [0.25, 0.3) is 10.8 Å². The lowest BCUT2D eigenvalue weighted by Gasteiger charge is -2.31. The van der Waals surface area contributed by atoms with Crippen LogP contribution in [0.5, 0.6) is 0 Å². The van der Waals surface area contributed by atoms with E-state index in [-0.39, 0.29) is 17.8 Å². The topological polar surface area (TPSA) is 92.8 Å². The van der Waals surface area contributed by atoms with Crippen molar-refractivity contribution in [1.29, 1.82) is 5.26 Å². The van der Waals surface area contributed by atoms with Crippen LogP contribution in [0.3, 0.4) is 0 Å². The van der Waals surface area contributed by atoms with Gasteiger partial charge in [0.05, 0.1) is 30.9 Å². The number of fused-ring (bicyclic) bond motifs is 1. The number of hydrogen-bond acceptors (Lipinski definition) is 7. The zero-order chi connectivity index (χ0) is 19.2. The highest BCUT2D eigenvalue weighted by molar-refractivity contribution is 6.02. The van der Waals surface area contributed by atoms with E-state index in [0.29, 0.717) is 48.8 Å². The van der Waals surface area contributed by atoms with Gasteiger partial charge in [-0.15, -0.1) is 0 Å². The maximum atomic E-state index is 12.5. The predicted molar refractivity (Wildman–Crippen MR) is 97.1 cm³/mol. The van der Waals surface area contributed by atoms with Crippen molar-refractivity contribution in [2.24, 2.45) is 0 Å². The highest BCUT2D eigenvalue weighted by Crippen LogP contribution is 2.24. The summed E-state index contributed by atoms with van der Waals surface area (Å²) < 4.78 is 15.9. The van der Waals surface area contributed by atoms with Crippen LogP contribution < -0.4 is 0 Å². The number of furan rings is 1. The molecule has 3 rings (SSSR count). The Balaban J connectivity index is 1.51. The van der Waals surface area contributed by atoms with Crippen molar-refractivity contribution in [1.82, 2.24) is 4.90 Å². The molecular weight excluding hydrogens is 348 g/mol. The van der Waals surface area contributed by atoms with Gasteiger partial charge in [0.15, 0.2) is 0 Å². The quantitative estimate of drug-likeness (QED) is 0.722. The number of piperidine rings is 1. The molecule has 142 valence electrons. The van der Waals surface area contributed by atoms with Crippen molar-refractivity contribution < 1.29 is 23.5 Å². The molecule has 0 radical (unpaired) electrons. The number of benzene rings is 1.